The van der Waals surface area contributed by atoms with Crippen LogP contribution in [-0.4, -0.2) is 39.9 Å². The first-order chi connectivity index (χ1) is 8.10. The molecular formula is C10H15N3O3S. The van der Waals surface area contributed by atoms with Crippen LogP contribution in [0.5, 0.6) is 0 Å². The van der Waals surface area contributed by atoms with Crippen molar-refractivity contribution in [3.8, 4) is 0 Å². The molecular weight excluding hydrogens is 242 g/mol. The lowest BCUT2D eigenvalue weighted by molar-refractivity contribution is 0.0526. The SMILES string of the molecule is CCNc1nc([S+](C)[O-])ncc1C(=O)OCC. The molecule has 0 fully saturated rings. The first-order valence-electron chi connectivity index (χ1n) is 5.21. The van der Waals surface area contributed by atoms with Gasteiger partial charge >= 0.3 is 11.1 Å². The number of hydrogen-bond donors (Lipinski definition) is 1. The molecule has 1 rings (SSSR count). The quantitative estimate of drug-likeness (QED) is 0.477. The molecule has 17 heavy (non-hydrogen) atoms. The lowest BCUT2D eigenvalue weighted by Crippen LogP contribution is -2.15. The lowest BCUT2D eigenvalue weighted by atomic mass is 10.3. The molecule has 1 N–H and O–H groups in total. The van der Waals surface area contributed by atoms with Gasteiger partial charge in [-0.2, -0.15) is 9.97 Å². The Bertz CT molecular complexity index is 398. The largest absolute Gasteiger partial charge is 0.609 e. The van der Waals surface area contributed by atoms with Gasteiger partial charge in [-0.05, 0) is 13.8 Å². The summed E-state index contributed by atoms with van der Waals surface area (Å²) in [5, 5.41) is 3.11. The van der Waals surface area contributed by atoms with E-state index in [1.54, 1.807) is 6.92 Å². The maximum Gasteiger partial charge on any atom is 0.344 e. The van der Waals surface area contributed by atoms with Crippen LogP contribution in [0.3, 0.4) is 0 Å². The summed E-state index contributed by atoms with van der Waals surface area (Å²) in [5.74, 6) is -0.136. The summed E-state index contributed by atoms with van der Waals surface area (Å²) in [6.07, 6.45) is 2.81. The number of nitrogens with zero attached hydrogens (tertiary/aromatic N) is 2. The van der Waals surface area contributed by atoms with Crippen molar-refractivity contribution < 1.29 is 14.1 Å². The molecule has 0 bridgehead atoms. The summed E-state index contributed by atoms with van der Waals surface area (Å²) >= 11 is -1.28. The summed E-state index contributed by atoms with van der Waals surface area (Å²) in [5.41, 5.74) is 0.253. The molecule has 0 aliphatic carbocycles. The fourth-order valence-electron chi connectivity index (χ4n) is 1.16. The maximum atomic E-state index is 11.6. The molecule has 1 atom stereocenters. The van der Waals surface area contributed by atoms with Crippen LogP contribution < -0.4 is 5.32 Å². The average Bonchev–Trinajstić information content (AvgIpc) is 2.29. The summed E-state index contributed by atoms with van der Waals surface area (Å²) in [4.78, 5) is 19.5. The van der Waals surface area contributed by atoms with Crippen LogP contribution in [0.2, 0.25) is 0 Å². The second-order valence-corrected chi connectivity index (χ2v) is 4.39. The zero-order valence-electron chi connectivity index (χ0n) is 10.0. The fourth-order valence-corrected chi connectivity index (χ4v) is 1.59. The minimum atomic E-state index is -1.28. The van der Waals surface area contributed by atoms with Crippen LogP contribution in [-0.2, 0) is 15.9 Å². The molecule has 0 spiro atoms. The summed E-state index contributed by atoms with van der Waals surface area (Å²) in [6.45, 7) is 4.48. The fraction of sp³-hybridized carbons (Fsp3) is 0.500. The smallest absolute Gasteiger partial charge is 0.344 e. The Balaban J connectivity index is 3.07. The van der Waals surface area contributed by atoms with Gasteiger partial charge in [0.15, 0.2) is 0 Å². The van der Waals surface area contributed by atoms with Crippen molar-refractivity contribution in [2.24, 2.45) is 0 Å². The van der Waals surface area contributed by atoms with Gasteiger partial charge in [0.05, 0.1) is 12.8 Å². The zero-order chi connectivity index (χ0) is 12.8. The minimum Gasteiger partial charge on any atom is -0.609 e. The second kappa shape index (κ2) is 6.41. The van der Waals surface area contributed by atoms with Gasteiger partial charge in [-0.15, -0.1) is 0 Å². The third-order valence-electron chi connectivity index (χ3n) is 1.86. The van der Waals surface area contributed by atoms with Gasteiger partial charge < -0.3 is 14.6 Å². The third-order valence-corrected chi connectivity index (χ3v) is 2.57. The highest BCUT2D eigenvalue weighted by molar-refractivity contribution is 7.90. The van der Waals surface area contributed by atoms with Crippen LogP contribution in [0.25, 0.3) is 0 Å². The Hall–Kier alpha value is -1.34. The number of anilines is 1. The van der Waals surface area contributed by atoms with Crippen molar-refractivity contribution >= 4 is 23.0 Å². The first-order valence-corrected chi connectivity index (χ1v) is 6.77. The van der Waals surface area contributed by atoms with Crippen molar-refractivity contribution in [3.05, 3.63) is 11.8 Å². The molecule has 0 saturated heterocycles. The molecule has 1 aromatic heterocycles. The molecule has 94 valence electrons. The molecule has 0 radical (unpaired) electrons. The first kappa shape index (κ1) is 13.7. The van der Waals surface area contributed by atoms with Gasteiger partial charge in [0.1, 0.15) is 17.6 Å². The highest BCUT2D eigenvalue weighted by Crippen LogP contribution is 2.15. The van der Waals surface area contributed by atoms with Gasteiger partial charge in [-0.25, -0.2) is 4.79 Å². The Morgan fingerprint density at radius 3 is 2.82 bits per heavy atom. The molecule has 0 amide bonds. The third kappa shape index (κ3) is 3.57. The lowest BCUT2D eigenvalue weighted by Gasteiger charge is -2.09. The number of nitrogens with one attached hydrogen (secondary N) is 1. The van der Waals surface area contributed by atoms with Crippen molar-refractivity contribution in [2.75, 3.05) is 24.7 Å². The Labute approximate surface area is 103 Å². The highest BCUT2D eigenvalue weighted by atomic mass is 32.2. The van der Waals surface area contributed by atoms with E-state index in [1.807, 2.05) is 6.92 Å². The molecule has 1 heterocycles. The monoisotopic (exact) mass is 257 g/mol. The molecule has 6 nitrogen and oxygen atoms in total. The van der Waals surface area contributed by atoms with Crippen molar-refractivity contribution in [1.29, 1.82) is 0 Å². The molecule has 7 heteroatoms. The Morgan fingerprint density at radius 1 is 1.59 bits per heavy atom. The van der Waals surface area contributed by atoms with E-state index in [0.717, 1.165) is 0 Å². The van der Waals surface area contributed by atoms with E-state index in [4.69, 9.17) is 4.74 Å². The molecule has 1 aromatic rings. The van der Waals surface area contributed by atoms with Gasteiger partial charge in [0.25, 0.3) is 0 Å². The second-order valence-electron chi connectivity index (χ2n) is 3.12. The van der Waals surface area contributed by atoms with E-state index in [-0.39, 0.29) is 17.3 Å². The molecule has 1 unspecified atom stereocenters. The molecule has 0 aliphatic heterocycles. The van der Waals surface area contributed by atoms with E-state index in [2.05, 4.69) is 15.3 Å². The number of carbonyl (C=O) groups excluding carboxylic acids is 1. The van der Waals surface area contributed by atoms with Gasteiger partial charge in [0.2, 0.25) is 0 Å². The molecule has 0 aliphatic rings. The van der Waals surface area contributed by atoms with Gasteiger partial charge in [-0.3, -0.25) is 0 Å². The minimum absolute atomic E-state index is 0.189. The van der Waals surface area contributed by atoms with Crippen LogP contribution in [0.4, 0.5) is 5.82 Å². The van der Waals surface area contributed by atoms with Gasteiger partial charge in [0, 0.05) is 17.7 Å². The normalized spacial score (nSPS) is 12.0. The van der Waals surface area contributed by atoms with Crippen LogP contribution in [0.15, 0.2) is 11.4 Å². The number of hydrogen-bond acceptors (Lipinski definition) is 6. The standard InChI is InChI=1S/C10H15N3O3S/c1-4-11-8-7(9(14)16-5-2)6-12-10(13-8)17(3)15/h6H,4-5H2,1-3H3,(H,11,12,13). The predicted octanol–water partition coefficient (Wildman–Crippen LogP) is 0.822. The topological polar surface area (TPSA) is 87.2 Å². The van der Waals surface area contributed by atoms with Gasteiger partial charge in [-0.1, -0.05) is 0 Å². The van der Waals surface area contributed by atoms with E-state index in [0.29, 0.717) is 12.4 Å². The summed E-state index contributed by atoms with van der Waals surface area (Å²) in [7, 11) is 0. The Kier molecular flexibility index (Phi) is 5.17. The van der Waals surface area contributed by atoms with Crippen molar-refractivity contribution in [3.63, 3.8) is 0 Å². The number of rotatable bonds is 5. The maximum absolute atomic E-state index is 11.6. The van der Waals surface area contributed by atoms with Crippen molar-refractivity contribution in [2.45, 2.75) is 19.0 Å². The van der Waals surface area contributed by atoms with Crippen LogP contribution in [0.1, 0.15) is 24.2 Å². The molecule has 0 saturated carbocycles. The Morgan fingerprint density at radius 2 is 2.29 bits per heavy atom. The van der Waals surface area contributed by atoms with E-state index in [1.165, 1.54) is 12.5 Å². The van der Waals surface area contributed by atoms with E-state index >= 15 is 0 Å². The van der Waals surface area contributed by atoms with E-state index < -0.39 is 17.1 Å². The number of ether oxygens (including phenoxy) is 1. The van der Waals surface area contributed by atoms with Crippen molar-refractivity contribution in [1.82, 2.24) is 9.97 Å². The predicted molar refractivity (Wildman–Crippen MR) is 64.5 cm³/mol. The average molecular weight is 257 g/mol. The highest BCUT2D eigenvalue weighted by Gasteiger charge is 2.18. The number of esters is 1. The number of aromatic nitrogens is 2. The van der Waals surface area contributed by atoms with E-state index in [9.17, 15) is 9.35 Å². The molecule has 0 aromatic carbocycles. The zero-order valence-corrected chi connectivity index (χ0v) is 10.8. The number of carbonyl (C=O) groups is 1. The summed E-state index contributed by atoms with van der Waals surface area (Å²) in [6, 6.07) is 0. The van der Waals surface area contributed by atoms with Crippen LogP contribution >= 0.6 is 0 Å². The van der Waals surface area contributed by atoms with Crippen LogP contribution in [0, 0.1) is 0 Å². The summed E-state index contributed by atoms with van der Waals surface area (Å²) < 4.78 is 16.1.